The first kappa shape index (κ1) is 16.0. The highest BCUT2D eigenvalue weighted by Gasteiger charge is 2.27. The average molecular weight is 355 g/mol. The van der Waals surface area contributed by atoms with E-state index >= 15 is 0 Å². The third-order valence-electron chi connectivity index (χ3n) is 4.62. The molecular weight excluding hydrogens is 337 g/mol. The number of imidazole rings is 1. The fourth-order valence-corrected chi connectivity index (χ4v) is 3.91. The Balaban J connectivity index is 1.49. The molecule has 6 heteroatoms. The fourth-order valence-electron chi connectivity index (χ4n) is 3.27. The van der Waals surface area contributed by atoms with Crippen molar-refractivity contribution in [2.75, 3.05) is 13.1 Å². The fraction of sp³-hybridized carbons (Fsp3) is 0.263. The van der Waals surface area contributed by atoms with Crippen molar-refractivity contribution in [3.05, 3.63) is 70.7 Å². The monoisotopic (exact) mass is 355 g/mol. The van der Waals surface area contributed by atoms with Gasteiger partial charge in [-0.3, -0.25) is 4.79 Å². The topological polar surface area (TPSA) is 38.1 Å². The molecule has 1 aliphatic heterocycles. The zero-order valence-electron chi connectivity index (χ0n) is 13.6. The summed E-state index contributed by atoms with van der Waals surface area (Å²) in [6, 6.07) is 7.81. The minimum atomic E-state index is -0.327. The van der Waals surface area contributed by atoms with Crippen LogP contribution in [0.5, 0.6) is 0 Å². The number of benzene rings is 1. The summed E-state index contributed by atoms with van der Waals surface area (Å²) in [5.74, 6) is -0.132. The molecule has 1 fully saturated rings. The van der Waals surface area contributed by atoms with Gasteiger partial charge in [-0.25, -0.2) is 9.37 Å². The molecule has 0 unspecified atom stereocenters. The maximum absolute atomic E-state index is 13.1. The second-order valence-electron chi connectivity index (χ2n) is 6.28. The molecule has 0 bridgehead atoms. The van der Waals surface area contributed by atoms with Crippen LogP contribution in [0.15, 0.2) is 53.6 Å². The molecule has 0 spiro atoms. The molecule has 3 aromatic rings. The van der Waals surface area contributed by atoms with E-state index in [-0.39, 0.29) is 17.6 Å². The van der Waals surface area contributed by atoms with Gasteiger partial charge in [0.05, 0.1) is 17.7 Å². The number of rotatable bonds is 3. The van der Waals surface area contributed by atoms with Crippen molar-refractivity contribution in [2.45, 2.75) is 18.8 Å². The highest BCUT2D eigenvalue weighted by molar-refractivity contribution is 7.08. The van der Waals surface area contributed by atoms with Gasteiger partial charge in [0.25, 0.3) is 5.91 Å². The summed E-state index contributed by atoms with van der Waals surface area (Å²) >= 11 is 1.65. The molecule has 25 heavy (non-hydrogen) atoms. The van der Waals surface area contributed by atoms with Gasteiger partial charge in [-0.15, -0.1) is 0 Å². The normalized spacial score (nSPS) is 17.6. The van der Waals surface area contributed by atoms with Crippen LogP contribution in [0.25, 0.3) is 5.69 Å². The highest BCUT2D eigenvalue weighted by Crippen LogP contribution is 2.27. The Morgan fingerprint density at radius 1 is 1.24 bits per heavy atom. The summed E-state index contributed by atoms with van der Waals surface area (Å²) in [4.78, 5) is 19.1. The number of halogens is 1. The Kier molecular flexibility index (Phi) is 4.36. The lowest BCUT2D eigenvalue weighted by atomic mass is 9.94. The SMILES string of the molecule is O=C(c1ccc(F)cc1)N1CCC[C@H](c2cn(-c3ccsc3)cn2)C1. The van der Waals surface area contributed by atoms with Crippen molar-refractivity contribution >= 4 is 17.2 Å². The number of aromatic nitrogens is 2. The van der Waals surface area contributed by atoms with Gasteiger partial charge in [0.1, 0.15) is 5.82 Å². The van der Waals surface area contributed by atoms with Crippen LogP contribution in [0.4, 0.5) is 4.39 Å². The lowest BCUT2D eigenvalue weighted by Crippen LogP contribution is -2.39. The van der Waals surface area contributed by atoms with Crippen molar-refractivity contribution in [3.8, 4) is 5.69 Å². The van der Waals surface area contributed by atoms with E-state index in [9.17, 15) is 9.18 Å². The Morgan fingerprint density at radius 3 is 2.84 bits per heavy atom. The Morgan fingerprint density at radius 2 is 2.08 bits per heavy atom. The first-order valence-electron chi connectivity index (χ1n) is 8.32. The van der Waals surface area contributed by atoms with E-state index in [2.05, 4.69) is 22.6 Å². The van der Waals surface area contributed by atoms with Crippen LogP contribution in [-0.4, -0.2) is 33.4 Å². The number of thiophene rings is 1. The number of amides is 1. The Labute approximate surface area is 149 Å². The smallest absolute Gasteiger partial charge is 0.253 e. The van der Waals surface area contributed by atoms with E-state index < -0.39 is 0 Å². The first-order valence-corrected chi connectivity index (χ1v) is 9.26. The second kappa shape index (κ2) is 6.80. The average Bonchev–Trinajstić information content (AvgIpc) is 3.33. The molecule has 1 amide bonds. The molecular formula is C19H18FN3OS. The van der Waals surface area contributed by atoms with Gasteiger partial charge < -0.3 is 9.47 Å². The molecule has 1 atom stereocenters. The molecule has 0 saturated carbocycles. The van der Waals surface area contributed by atoms with Crippen molar-refractivity contribution in [1.82, 2.24) is 14.5 Å². The Bertz CT molecular complexity index is 857. The lowest BCUT2D eigenvalue weighted by Gasteiger charge is -2.32. The van der Waals surface area contributed by atoms with E-state index in [1.54, 1.807) is 23.5 Å². The van der Waals surface area contributed by atoms with Crippen molar-refractivity contribution in [2.24, 2.45) is 0 Å². The molecule has 4 rings (SSSR count). The van der Waals surface area contributed by atoms with Gasteiger partial charge in [-0.1, -0.05) is 0 Å². The molecule has 0 aliphatic carbocycles. The maximum atomic E-state index is 13.1. The first-order chi connectivity index (χ1) is 12.2. The molecule has 128 valence electrons. The molecule has 0 N–H and O–H groups in total. The van der Waals surface area contributed by atoms with Crippen molar-refractivity contribution < 1.29 is 9.18 Å². The Hall–Kier alpha value is -2.47. The quantitative estimate of drug-likeness (QED) is 0.710. The van der Waals surface area contributed by atoms with Gasteiger partial charge in [0.2, 0.25) is 0 Å². The third-order valence-corrected chi connectivity index (χ3v) is 5.30. The van der Waals surface area contributed by atoms with Crippen LogP contribution in [0.3, 0.4) is 0 Å². The summed E-state index contributed by atoms with van der Waals surface area (Å²) in [5, 5.41) is 4.12. The molecule has 1 aliphatic rings. The number of hydrogen-bond donors (Lipinski definition) is 0. The molecule has 1 aromatic carbocycles. The number of carbonyl (C=O) groups is 1. The minimum Gasteiger partial charge on any atom is -0.338 e. The predicted octanol–water partition coefficient (Wildman–Crippen LogP) is 4.09. The van der Waals surface area contributed by atoms with E-state index in [4.69, 9.17) is 0 Å². The van der Waals surface area contributed by atoms with E-state index in [0.29, 0.717) is 12.1 Å². The van der Waals surface area contributed by atoms with Crippen molar-refractivity contribution in [3.63, 3.8) is 0 Å². The second-order valence-corrected chi connectivity index (χ2v) is 7.06. The van der Waals surface area contributed by atoms with E-state index in [1.165, 1.54) is 12.1 Å². The van der Waals surface area contributed by atoms with Crippen LogP contribution in [-0.2, 0) is 0 Å². The van der Waals surface area contributed by atoms with Gasteiger partial charge >= 0.3 is 0 Å². The van der Waals surface area contributed by atoms with Crippen LogP contribution in [0.1, 0.15) is 34.8 Å². The summed E-state index contributed by atoms with van der Waals surface area (Å²) in [5.41, 5.74) is 2.66. The minimum absolute atomic E-state index is 0.0398. The molecule has 3 heterocycles. The zero-order chi connectivity index (χ0) is 17.2. The van der Waals surface area contributed by atoms with Crippen LogP contribution in [0, 0.1) is 5.82 Å². The maximum Gasteiger partial charge on any atom is 0.253 e. The molecule has 2 aromatic heterocycles. The summed E-state index contributed by atoms with van der Waals surface area (Å²) < 4.78 is 15.1. The zero-order valence-corrected chi connectivity index (χ0v) is 14.5. The third kappa shape index (κ3) is 3.35. The molecule has 1 saturated heterocycles. The molecule has 0 radical (unpaired) electrons. The summed E-state index contributed by atoms with van der Waals surface area (Å²) in [6.45, 7) is 1.38. The number of likely N-dealkylation sites (tertiary alicyclic amines) is 1. The van der Waals surface area contributed by atoms with Crippen LogP contribution in [0.2, 0.25) is 0 Å². The van der Waals surface area contributed by atoms with Gasteiger partial charge in [0.15, 0.2) is 0 Å². The summed E-state index contributed by atoms with van der Waals surface area (Å²) in [6.07, 6.45) is 5.85. The van der Waals surface area contributed by atoms with Crippen molar-refractivity contribution in [1.29, 1.82) is 0 Å². The molecule has 4 nitrogen and oxygen atoms in total. The largest absolute Gasteiger partial charge is 0.338 e. The van der Waals surface area contributed by atoms with Gasteiger partial charge in [-0.05, 0) is 48.6 Å². The van der Waals surface area contributed by atoms with Crippen LogP contribution < -0.4 is 0 Å². The van der Waals surface area contributed by atoms with Crippen LogP contribution >= 0.6 is 11.3 Å². The van der Waals surface area contributed by atoms with Gasteiger partial charge in [0, 0.05) is 36.1 Å². The van der Waals surface area contributed by atoms with E-state index in [1.807, 2.05) is 21.2 Å². The number of piperidine rings is 1. The highest BCUT2D eigenvalue weighted by atomic mass is 32.1. The van der Waals surface area contributed by atoms with Gasteiger partial charge in [-0.2, -0.15) is 11.3 Å². The standard InChI is InChI=1S/C19H18FN3OS/c20-16-5-3-14(4-6-16)19(24)22-8-1-2-15(10-22)18-11-23(13-21-18)17-7-9-25-12-17/h3-7,9,11-13,15H,1-2,8,10H2/t15-/m0/s1. The number of carbonyl (C=O) groups excluding carboxylic acids is 1. The van der Waals surface area contributed by atoms with E-state index in [0.717, 1.165) is 30.8 Å². The number of hydrogen-bond acceptors (Lipinski definition) is 3. The predicted molar refractivity (Wildman–Crippen MR) is 95.7 cm³/mol. The lowest BCUT2D eigenvalue weighted by molar-refractivity contribution is 0.0706. The summed E-state index contributed by atoms with van der Waals surface area (Å²) in [7, 11) is 0. The number of nitrogens with zero attached hydrogens (tertiary/aromatic N) is 3.